The smallest absolute Gasteiger partial charge is 0.338 e. The van der Waals surface area contributed by atoms with E-state index in [1.54, 1.807) is 13.8 Å². The largest absolute Gasteiger partial charge is 0.394 e. The van der Waals surface area contributed by atoms with E-state index < -0.39 is 47.4 Å². The van der Waals surface area contributed by atoms with Gasteiger partial charge in [-0.25, -0.2) is 28.1 Å². The zero-order valence-corrected chi connectivity index (χ0v) is 13.3. The van der Waals surface area contributed by atoms with E-state index in [4.69, 9.17) is 14.2 Å². The van der Waals surface area contributed by atoms with E-state index in [-0.39, 0.29) is 6.61 Å². The third kappa shape index (κ3) is 2.29. The van der Waals surface area contributed by atoms with Gasteiger partial charge in [-0.2, -0.15) is 0 Å². The Balaban J connectivity index is 2.15. The van der Waals surface area contributed by atoms with Crippen molar-refractivity contribution in [3.05, 3.63) is 31.5 Å². The number of aliphatic hydroxyl groups excluding tert-OH is 1. The molecule has 0 saturated carbocycles. The van der Waals surface area contributed by atoms with Gasteiger partial charge in [0.15, 0.2) is 12.0 Å². The number of fused-ring (bicyclic) bond motifs is 1. The quantitative estimate of drug-likeness (QED) is 0.646. The molecule has 3 rings (SSSR count). The third-order valence-electron chi connectivity index (χ3n) is 4.12. The highest BCUT2D eigenvalue weighted by Gasteiger charge is 2.56. The highest BCUT2D eigenvalue weighted by Crippen LogP contribution is 2.41. The summed E-state index contributed by atoms with van der Waals surface area (Å²) in [5.74, 6) is -0.930. The first kappa shape index (κ1) is 16.1. The second kappa shape index (κ2) is 5.13. The average Bonchev–Trinajstić information content (AvgIpc) is 2.97. The first-order valence-electron chi connectivity index (χ1n) is 7.18. The van der Waals surface area contributed by atoms with Gasteiger partial charge in [-0.3, -0.25) is 0 Å². The van der Waals surface area contributed by atoms with Gasteiger partial charge < -0.3 is 19.3 Å². The lowest BCUT2D eigenvalue weighted by Crippen LogP contribution is -2.55. The van der Waals surface area contributed by atoms with Crippen LogP contribution in [0.5, 0.6) is 0 Å². The standard InChI is InChI=1S/C13H19N3O7/c1-13(2)22-7-6(5-17)21-9(8(7)23-13)16-11(19)14(3)10(18)15(4)12(16)20/h6-9,17H,5H2,1-4H3/t6-,7-,8-,9-/m1/s1. The second-order valence-electron chi connectivity index (χ2n) is 6.15. The van der Waals surface area contributed by atoms with Crippen LogP contribution in [-0.4, -0.2) is 49.5 Å². The Morgan fingerprint density at radius 3 is 2.04 bits per heavy atom. The SMILES string of the molecule is Cn1c(=O)n(C)c(=O)n([C@@H]2O[C@H](CO)[C@H]3OC(C)(C)O[C@H]32)c1=O. The molecule has 10 heteroatoms. The summed E-state index contributed by atoms with van der Waals surface area (Å²) in [4.78, 5) is 36.5. The zero-order chi connectivity index (χ0) is 17.1. The second-order valence-corrected chi connectivity index (χ2v) is 6.15. The predicted octanol–water partition coefficient (Wildman–Crippen LogP) is -2.34. The summed E-state index contributed by atoms with van der Waals surface area (Å²) in [7, 11) is 2.54. The van der Waals surface area contributed by atoms with E-state index in [1.165, 1.54) is 14.1 Å². The number of rotatable bonds is 2. The fraction of sp³-hybridized carbons (Fsp3) is 0.769. The van der Waals surface area contributed by atoms with Crippen LogP contribution in [0, 0.1) is 0 Å². The van der Waals surface area contributed by atoms with Gasteiger partial charge in [0.1, 0.15) is 18.3 Å². The monoisotopic (exact) mass is 329 g/mol. The van der Waals surface area contributed by atoms with Gasteiger partial charge in [0.05, 0.1) is 6.61 Å². The molecule has 0 bridgehead atoms. The van der Waals surface area contributed by atoms with E-state index in [9.17, 15) is 19.5 Å². The third-order valence-corrected chi connectivity index (χ3v) is 4.12. The Labute approximate surface area is 130 Å². The zero-order valence-electron chi connectivity index (χ0n) is 13.3. The molecule has 2 aliphatic rings. The molecule has 0 aliphatic carbocycles. The lowest BCUT2D eigenvalue weighted by atomic mass is 10.1. The van der Waals surface area contributed by atoms with Crippen LogP contribution in [0.25, 0.3) is 0 Å². The Morgan fingerprint density at radius 2 is 1.52 bits per heavy atom. The minimum Gasteiger partial charge on any atom is -0.394 e. The topological polar surface area (TPSA) is 114 Å². The van der Waals surface area contributed by atoms with E-state index in [2.05, 4.69) is 0 Å². The summed E-state index contributed by atoms with van der Waals surface area (Å²) < 4.78 is 19.5. The van der Waals surface area contributed by atoms with Gasteiger partial charge in [-0.05, 0) is 13.8 Å². The van der Waals surface area contributed by atoms with Crippen LogP contribution >= 0.6 is 0 Å². The molecule has 0 unspecified atom stereocenters. The van der Waals surface area contributed by atoms with Crippen molar-refractivity contribution in [2.45, 2.75) is 44.2 Å². The van der Waals surface area contributed by atoms with Crippen molar-refractivity contribution >= 4 is 0 Å². The van der Waals surface area contributed by atoms with Crippen LogP contribution < -0.4 is 17.1 Å². The summed E-state index contributed by atoms with van der Waals surface area (Å²) in [5, 5.41) is 9.45. The highest BCUT2D eigenvalue weighted by atomic mass is 16.8. The molecule has 10 nitrogen and oxygen atoms in total. The van der Waals surface area contributed by atoms with Gasteiger partial charge in [0.2, 0.25) is 0 Å². The fourth-order valence-corrected chi connectivity index (χ4v) is 3.03. The number of hydrogen-bond donors (Lipinski definition) is 1. The van der Waals surface area contributed by atoms with Crippen LogP contribution in [0.1, 0.15) is 20.1 Å². The summed E-state index contributed by atoms with van der Waals surface area (Å²) in [6.07, 6.45) is -3.18. The van der Waals surface area contributed by atoms with Crippen molar-refractivity contribution in [1.29, 1.82) is 0 Å². The number of hydrogen-bond acceptors (Lipinski definition) is 7. The minimum absolute atomic E-state index is 0.349. The van der Waals surface area contributed by atoms with Crippen LogP contribution in [0.3, 0.4) is 0 Å². The number of aromatic nitrogens is 3. The first-order valence-corrected chi connectivity index (χ1v) is 7.18. The Bertz CT molecular complexity index is 765. The molecule has 1 aromatic rings. The fourth-order valence-electron chi connectivity index (χ4n) is 3.03. The normalized spacial score (nSPS) is 32.2. The molecule has 1 aromatic heterocycles. The molecular formula is C13H19N3O7. The van der Waals surface area contributed by atoms with Gasteiger partial charge in [0.25, 0.3) is 0 Å². The predicted molar refractivity (Wildman–Crippen MR) is 76.0 cm³/mol. The Morgan fingerprint density at radius 1 is 1.00 bits per heavy atom. The number of nitrogens with zero attached hydrogens (tertiary/aromatic N) is 3. The van der Waals surface area contributed by atoms with E-state index >= 15 is 0 Å². The molecule has 0 amide bonds. The Hall–Kier alpha value is -1.75. The van der Waals surface area contributed by atoms with Crippen LogP contribution in [0.15, 0.2) is 14.4 Å². The summed E-state index contributed by atoms with van der Waals surface area (Å²) in [6.45, 7) is 3.04. The molecule has 2 aliphatic heterocycles. The number of aliphatic hydroxyl groups is 1. The van der Waals surface area contributed by atoms with Gasteiger partial charge in [-0.1, -0.05) is 0 Å². The molecule has 2 fully saturated rings. The maximum Gasteiger partial charge on any atom is 0.338 e. The summed E-state index contributed by atoms with van der Waals surface area (Å²) in [6, 6.07) is 0. The van der Waals surface area contributed by atoms with Crippen molar-refractivity contribution in [3.63, 3.8) is 0 Å². The molecule has 0 aromatic carbocycles. The molecule has 2 saturated heterocycles. The Kier molecular flexibility index (Phi) is 3.59. The van der Waals surface area contributed by atoms with Gasteiger partial charge >= 0.3 is 17.1 Å². The summed E-state index contributed by atoms with van der Waals surface area (Å²) in [5.41, 5.74) is -2.35. The molecule has 128 valence electrons. The molecule has 23 heavy (non-hydrogen) atoms. The molecular weight excluding hydrogens is 310 g/mol. The van der Waals surface area contributed by atoms with Crippen LogP contribution in [0.2, 0.25) is 0 Å². The lowest BCUT2D eigenvalue weighted by molar-refractivity contribution is -0.201. The van der Waals surface area contributed by atoms with Gasteiger partial charge in [0, 0.05) is 14.1 Å². The first-order chi connectivity index (χ1) is 10.7. The van der Waals surface area contributed by atoms with Crippen molar-refractivity contribution < 1.29 is 19.3 Å². The van der Waals surface area contributed by atoms with E-state index in [0.29, 0.717) is 0 Å². The highest BCUT2D eigenvalue weighted by molar-refractivity contribution is 4.97. The van der Waals surface area contributed by atoms with Gasteiger partial charge in [-0.15, -0.1) is 0 Å². The average molecular weight is 329 g/mol. The molecule has 1 N–H and O–H groups in total. The van der Waals surface area contributed by atoms with Crippen molar-refractivity contribution in [3.8, 4) is 0 Å². The maximum absolute atomic E-state index is 12.4. The molecule has 0 spiro atoms. The van der Waals surface area contributed by atoms with Crippen molar-refractivity contribution in [2.24, 2.45) is 14.1 Å². The molecule has 0 radical (unpaired) electrons. The summed E-state index contributed by atoms with van der Waals surface area (Å²) >= 11 is 0. The van der Waals surface area contributed by atoms with Crippen molar-refractivity contribution in [1.82, 2.24) is 13.7 Å². The van der Waals surface area contributed by atoms with E-state index in [1.807, 2.05) is 0 Å². The van der Waals surface area contributed by atoms with Crippen LogP contribution in [-0.2, 0) is 28.3 Å². The lowest BCUT2D eigenvalue weighted by Gasteiger charge is -2.24. The van der Waals surface area contributed by atoms with Crippen molar-refractivity contribution in [2.75, 3.05) is 6.61 Å². The van der Waals surface area contributed by atoms with E-state index in [0.717, 1.165) is 13.7 Å². The maximum atomic E-state index is 12.4. The molecule has 3 heterocycles. The minimum atomic E-state index is -1.09. The number of ether oxygens (including phenoxy) is 3. The molecule has 4 atom stereocenters. The van der Waals surface area contributed by atoms with Crippen LogP contribution in [0.4, 0.5) is 0 Å².